The molecule has 0 aliphatic carbocycles. The van der Waals surface area contributed by atoms with Crippen LogP contribution in [0.15, 0.2) is 47.4 Å². The lowest BCUT2D eigenvalue weighted by Crippen LogP contribution is -2.17. The van der Waals surface area contributed by atoms with E-state index in [1.54, 1.807) is 0 Å². The van der Waals surface area contributed by atoms with Crippen molar-refractivity contribution < 1.29 is 13.2 Å². The van der Waals surface area contributed by atoms with Crippen LogP contribution in [0.4, 0.5) is 13.2 Å². The fraction of sp³-hybridized carbons (Fsp3) is 0. The first-order chi connectivity index (χ1) is 11.1. The maximum atomic E-state index is 13.9. The number of hydrogen-bond acceptors (Lipinski definition) is 2. The van der Waals surface area contributed by atoms with Gasteiger partial charge in [0.15, 0.2) is 11.6 Å². The van der Waals surface area contributed by atoms with Gasteiger partial charge in [0.05, 0.1) is 16.4 Å². The van der Waals surface area contributed by atoms with Gasteiger partial charge in [-0.15, -0.1) is 0 Å². The van der Waals surface area contributed by atoms with Crippen LogP contribution in [0.1, 0.15) is 0 Å². The van der Waals surface area contributed by atoms with Crippen LogP contribution in [0.25, 0.3) is 27.5 Å². The zero-order valence-electron chi connectivity index (χ0n) is 11.5. The molecule has 4 rings (SSSR count). The fourth-order valence-electron chi connectivity index (χ4n) is 2.59. The van der Waals surface area contributed by atoms with E-state index >= 15 is 0 Å². The Morgan fingerprint density at radius 2 is 1.74 bits per heavy atom. The molecule has 0 fully saturated rings. The third-order valence-corrected chi connectivity index (χ3v) is 3.65. The van der Waals surface area contributed by atoms with Gasteiger partial charge in [-0.2, -0.15) is 0 Å². The van der Waals surface area contributed by atoms with E-state index < -0.39 is 28.7 Å². The first-order valence-electron chi connectivity index (χ1n) is 6.69. The average molecular weight is 315 g/mol. The largest absolute Gasteiger partial charge is 0.289 e. The van der Waals surface area contributed by atoms with E-state index in [0.717, 1.165) is 16.8 Å². The Labute approximate surface area is 126 Å². The van der Waals surface area contributed by atoms with Gasteiger partial charge in [-0.1, -0.05) is 6.07 Å². The summed E-state index contributed by atoms with van der Waals surface area (Å²) in [5, 5.41) is 3.12. The summed E-state index contributed by atoms with van der Waals surface area (Å²) in [6.07, 6.45) is 1.30. The number of benzene rings is 2. The van der Waals surface area contributed by atoms with Crippen molar-refractivity contribution in [2.24, 2.45) is 0 Å². The quantitative estimate of drug-likeness (QED) is 0.586. The number of aromatic nitrogens is 3. The molecule has 0 spiro atoms. The molecule has 0 amide bonds. The van der Waals surface area contributed by atoms with E-state index in [9.17, 15) is 18.0 Å². The number of nitrogens with one attached hydrogen (secondary N) is 1. The van der Waals surface area contributed by atoms with E-state index in [-0.39, 0.29) is 10.9 Å². The van der Waals surface area contributed by atoms with Crippen LogP contribution in [0.3, 0.4) is 0 Å². The number of nitrogens with zero attached hydrogens (tertiary/aromatic N) is 2. The highest BCUT2D eigenvalue weighted by Crippen LogP contribution is 2.23. The van der Waals surface area contributed by atoms with Crippen molar-refractivity contribution >= 4 is 21.8 Å². The van der Waals surface area contributed by atoms with E-state index in [1.807, 2.05) is 0 Å². The molecule has 2 aromatic heterocycles. The van der Waals surface area contributed by atoms with Crippen LogP contribution in [0.2, 0.25) is 0 Å². The normalized spacial score (nSPS) is 11.4. The van der Waals surface area contributed by atoms with Gasteiger partial charge in [0.2, 0.25) is 0 Å². The molecule has 0 aliphatic rings. The summed E-state index contributed by atoms with van der Waals surface area (Å²) in [4.78, 5) is 16.5. The number of rotatable bonds is 1. The number of halogens is 3. The lowest BCUT2D eigenvalue weighted by Gasteiger charge is -2.04. The van der Waals surface area contributed by atoms with E-state index in [1.165, 1.54) is 30.5 Å². The van der Waals surface area contributed by atoms with Crippen molar-refractivity contribution in [1.82, 2.24) is 14.8 Å². The molecule has 2 aromatic carbocycles. The second-order valence-electron chi connectivity index (χ2n) is 5.03. The summed E-state index contributed by atoms with van der Waals surface area (Å²) in [7, 11) is 0. The van der Waals surface area contributed by atoms with Crippen LogP contribution in [-0.4, -0.2) is 14.8 Å². The molecule has 4 aromatic rings. The Balaban J connectivity index is 2.14. The van der Waals surface area contributed by atoms with Crippen molar-refractivity contribution in [3.05, 3.63) is 70.4 Å². The van der Waals surface area contributed by atoms with Gasteiger partial charge in [0, 0.05) is 11.6 Å². The first kappa shape index (κ1) is 13.6. The molecule has 0 radical (unpaired) electrons. The standard InChI is InChI=1S/C16H8F3N3O/c17-8-4-5-13-9(6-8)14-10(7-20-13)16(23)22(21-14)15-11(18)2-1-3-12(15)19/h1-7,21H. The smallest absolute Gasteiger partial charge is 0.280 e. The summed E-state index contributed by atoms with van der Waals surface area (Å²) in [6, 6.07) is 7.21. The second kappa shape index (κ2) is 4.70. The minimum absolute atomic E-state index is 0.116. The molecule has 0 atom stereocenters. The molecule has 114 valence electrons. The zero-order chi connectivity index (χ0) is 16.1. The molecule has 0 aliphatic heterocycles. The molecule has 7 heteroatoms. The van der Waals surface area contributed by atoms with Gasteiger partial charge in [0.1, 0.15) is 11.5 Å². The zero-order valence-corrected chi connectivity index (χ0v) is 11.5. The summed E-state index contributed by atoms with van der Waals surface area (Å²) in [5.41, 5.74) is -0.454. The number of para-hydroxylation sites is 1. The molecule has 4 nitrogen and oxygen atoms in total. The topological polar surface area (TPSA) is 50.7 Å². The molecule has 2 heterocycles. The maximum absolute atomic E-state index is 13.9. The van der Waals surface area contributed by atoms with Gasteiger partial charge < -0.3 is 0 Å². The number of aromatic amines is 1. The summed E-state index contributed by atoms with van der Waals surface area (Å²) in [6.45, 7) is 0. The highest BCUT2D eigenvalue weighted by molar-refractivity contribution is 6.02. The molecule has 0 unspecified atom stereocenters. The van der Waals surface area contributed by atoms with Gasteiger partial charge in [0.25, 0.3) is 5.56 Å². The van der Waals surface area contributed by atoms with E-state index in [0.29, 0.717) is 10.9 Å². The Bertz CT molecular complexity index is 1110. The van der Waals surface area contributed by atoms with E-state index in [4.69, 9.17) is 0 Å². The molecular weight excluding hydrogens is 307 g/mol. The molecule has 0 saturated heterocycles. The molecule has 1 N–H and O–H groups in total. The van der Waals surface area contributed by atoms with Crippen LogP contribution in [0.5, 0.6) is 0 Å². The number of H-pyrrole nitrogens is 1. The van der Waals surface area contributed by atoms with Crippen molar-refractivity contribution in [3.8, 4) is 5.69 Å². The maximum Gasteiger partial charge on any atom is 0.280 e. The van der Waals surface area contributed by atoms with Crippen LogP contribution in [0, 0.1) is 17.5 Å². The molecule has 0 bridgehead atoms. The Morgan fingerprint density at radius 1 is 1.00 bits per heavy atom. The number of fused-ring (bicyclic) bond motifs is 3. The third-order valence-electron chi connectivity index (χ3n) is 3.65. The fourth-order valence-corrected chi connectivity index (χ4v) is 2.59. The van der Waals surface area contributed by atoms with Crippen molar-refractivity contribution in [3.63, 3.8) is 0 Å². The number of hydrogen-bond donors (Lipinski definition) is 1. The third kappa shape index (κ3) is 1.93. The highest BCUT2D eigenvalue weighted by Gasteiger charge is 2.17. The Kier molecular flexibility index (Phi) is 2.77. The number of pyridine rings is 1. The lowest BCUT2D eigenvalue weighted by molar-refractivity contribution is 0.558. The van der Waals surface area contributed by atoms with Gasteiger partial charge in [-0.25, -0.2) is 17.9 Å². The first-order valence-corrected chi connectivity index (χ1v) is 6.69. The predicted molar refractivity (Wildman–Crippen MR) is 79.1 cm³/mol. The average Bonchev–Trinajstić information content (AvgIpc) is 2.85. The minimum atomic E-state index is -0.887. The Morgan fingerprint density at radius 3 is 2.48 bits per heavy atom. The molecular formula is C16H8F3N3O. The van der Waals surface area contributed by atoms with Crippen LogP contribution in [-0.2, 0) is 0 Å². The van der Waals surface area contributed by atoms with Crippen LogP contribution >= 0.6 is 0 Å². The molecule has 23 heavy (non-hydrogen) atoms. The predicted octanol–water partition coefficient (Wildman–Crippen LogP) is 3.28. The van der Waals surface area contributed by atoms with Gasteiger partial charge >= 0.3 is 0 Å². The monoisotopic (exact) mass is 315 g/mol. The van der Waals surface area contributed by atoms with Crippen molar-refractivity contribution in [2.45, 2.75) is 0 Å². The Hall–Kier alpha value is -3.09. The minimum Gasteiger partial charge on any atom is -0.289 e. The molecule has 0 saturated carbocycles. The van der Waals surface area contributed by atoms with Crippen LogP contribution < -0.4 is 5.56 Å². The summed E-state index contributed by atoms with van der Waals surface area (Å²) in [5.74, 6) is -2.28. The second-order valence-corrected chi connectivity index (χ2v) is 5.03. The van der Waals surface area contributed by atoms with Gasteiger partial charge in [-0.05, 0) is 30.3 Å². The summed E-state index contributed by atoms with van der Waals surface area (Å²) < 4.78 is 42.1. The lowest BCUT2D eigenvalue weighted by atomic mass is 10.2. The van der Waals surface area contributed by atoms with E-state index in [2.05, 4.69) is 10.1 Å². The van der Waals surface area contributed by atoms with Gasteiger partial charge in [-0.3, -0.25) is 14.9 Å². The SMILES string of the molecule is O=c1c2cnc3ccc(F)cc3c2[nH]n1-c1c(F)cccc1F. The van der Waals surface area contributed by atoms with Crippen molar-refractivity contribution in [1.29, 1.82) is 0 Å². The summed E-state index contributed by atoms with van der Waals surface area (Å²) >= 11 is 0. The van der Waals surface area contributed by atoms with Crippen molar-refractivity contribution in [2.75, 3.05) is 0 Å². The highest BCUT2D eigenvalue weighted by atomic mass is 19.1.